The van der Waals surface area contributed by atoms with Gasteiger partial charge in [0.1, 0.15) is 6.61 Å². The fourth-order valence-corrected chi connectivity index (χ4v) is 6.19. The highest BCUT2D eigenvalue weighted by Gasteiger charge is 2.48. The fraction of sp³-hybridized carbons (Fsp3) is 0.963. The first-order valence-electron chi connectivity index (χ1n) is 13.8. The van der Waals surface area contributed by atoms with E-state index < -0.39 is 8.32 Å². The summed E-state index contributed by atoms with van der Waals surface area (Å²) in [5, 5.41) is 0.174. The summed E-state index contributed by atoms with van der Waals surface area (Å²) in [6.07, 6.45) is 6.29. The topological polar surface area (TPSA) is 72.5 Å². The Hall–Kier alpha value is -0.513. The zero-order valence-corrected chi connectivity index (χ0v) is 24.2. The van der Waals surface area contributed by atoms with Crippen LogP contribution in [0.2, 0.25) is 18.1 Å². The molecule has 1 aliphatic carbocycles. The summed E-state index contributed by atoms with van der Waals surface area (Å²) in [5.74, 6) is 0.694. The molecule has 35 heavy (non-hydrogen) atoms. The van der Waals surface area contributed by atoms with Crippen LogP contribution >= 0.6 is 0 Å². The minimum Gasteiger partial charge on any atom is -0.461 e. The lowest BCUT2D eigenvalue weighted by Gasteiger charge is -2.38. The minimum absolute atomic E-state index is 0.00180. The maximum atomic E-state index is 11.8. The molecule has 1 unspecified atom stereocenters. The molecule has 8 heteroatoms. The molecule has 204 valence electrons. The van der Waals surface area contributed by atoms with Crippen molar-refractivity contribution in [2.24, 2.45) is 17.8 Å². The molecule has 6 atom stereocenters. The molecule has 2 heterocycles. The molecule has 0 aromatic rings. The van der Waals surface area contributed by atoms with E-state index in [1.54, 1.807) is 0 Å². The Balaban J connectivity index is 1.58. The standard InChI is InChI=1S/C27H50O7Si/c1-19(2)33-25(28)18-29-15-20-11-12-21-22(17-32-35(6,7)27(3,4)5)24(14-23(21)31-16-20)34-26-10-8-9-13-30-26/h19-24,26H,8-18H2,1-7H3/t20-,21-,22-,23+,24-,26?/m1/s1. The molecule has 3 aliphatic rings. The lowest BCUT2D eigenvalue weighted by molar-refractivity contribution is -0.198. The van der Waals surface area contributed by atoms with Gasteiger partial charge < -0.3 is 28.1 Å². The largest absolute Gasteiger partial charge is 0.461 e. The van der Waals surface area contributed by atoms with Crippen molar-refractivity contribution in [3.63, 3.8) is 0 Å². The van der Waals surface area contributed by atoms with Gasteiger partial charge in [0.2, 0.25) is 0 Å². The lowest BCUT2D eigenvalue weighted by Crippen LogP contribution is -2.44. The smallest absolute Gasteiger partial charge is 0.332 e. The van der Waals surface area contributed by atoms with Crippen LogP contribution in [-0.2, 0) is 32.9 Å². The first-order chi connectivity index (χ1) is 16.5. The van der Waals surface area contributed by atoms with Crippen molar-refractivity contribution in [1.29, 1.82) is 0 Å². The molecule has 3 rings (SSSR count). The van der Waals surface area contributed by atoms with E-state index >= 15 is 0 Å². The second-order valence-corrected chi connectivity index (χ2v) is 17.3. The Morgan fingerprint density at radius 2 is 1.83 bits per heavy atom. The number of ether oxygens (including phenoxy) is 5. The molecule has 0 aromatic heterocycles. The van der Waals surface area contributed by atoms with Crippen LogP contribution in [0.25, 0.3) is 0 Å². The first-order valence-corrected chi connectivity index (χ1v) is 16.7. The van der Waals surface area contributed by atoms with Crippen LogP contribution in [0.5, 0.6) is 0 Å². The maximum Gasteiger partial charge on any atom is 0.332 e. The van der Waals surface area contributed by atoms with Gasteiger partial charge in [-0.05, 0) is 70.0 Å². The highest BCUT2D eigenvalue weighted by molar-refractivity contribution is 6.74. The molecule has 1 saturated carbocycles. The Kier molecular flexibility index (Phi) is 10.6. The second kappa shape index (κ2) is 12.8. The zero-order chi connectivity index (χ0) is 25.6. The van der Waals surface area contributed by atoms with Gasteiger partial charge in [0.25, 0.3) is 0 Å². The van der Waals surface area contributed by atoms with Gasteiger partial charge in [0.05, 0.1) is 31.5 Å². The maximum absolute atomic E-state index is 11.8. The van der Waals surface area contributed by atoms with E-state index in [0.29, 0.717) is 25.0 Å². The molecule has 2 saturated heterocycles. The van der Waals surface area contributed by atoms with Gasteiger partial charge in [-0.25, -0.2) is 4.79 Å². The predicted octanol–water partition coefficient (Wildman–Crippen LogP) is 5.32. The quantitative estimate of drug-likeness (QED) is 0.289. The van der Waals surface area contributed by atoms with Crippen LogP contribution in [0.1, 0.15) is 73.1 Å². The van der Waals surface area contributed by atoms with Gasteiger partial charge in [-0.1, -0.05) is 20.8 Å². The predicted molar refractivity (Wildman–Crippen MR) is 138 cm³/mol. The van der Waals surface area contributed by atoms with E-state index in [0.717, 1.165) is 51.7 Å². The van der Waals surface area contributed by atoms with Crippen LogP contribution in [0.15, 0.2) is 0 Å². The molecular weight excluding hydrogens is 464 g/mol. The van der Waals surface area contributed by atoms with Crippen LogP contribution in [0.3, 0.4) is 0 Å². The number of carbonyl (C=O) groups is 1. The van der Waals surface area contributed by atoms with Crippen molar-refractivity contribution in [3.05, 3.63) is 0 Å². The van der Waals surface area contributed by atoms with E-state index in [1.165, 1.54) is 0 Å². The Morgan fingerprint density at radius 1 is 1.06 bits per heavy atom. The molecule has 3 fully saturated rings. The number of hydrogen-bond acceptors (Lipinski definition) is 7. The number of hydrogen-bond donors (Lipinski definition) is 0. The van der Waals surface area contributed by atoms with Gasteiger partial charge in [-0.2, -0.15) is 0 Å². The van der Waals surface area contributed by atoms with Crippen LogP contribution in [0.4, 0.5) is 0 Å². The highest BCUT2D eigenvalue weighted by atomic mass is 28.4. The minimum atomic E-state index is -1.87. The normalized spacial score (nSPS) is 32.3. The Morgan fingerprint density at radius 3 is 2.49 bits per heavy atom. The molecule has 7 nitrogen and oxygen atoms in total. The Bertz CT molecular complexity index is 656. The van der Waals surface area contributed by atoms with Gasteiger partial charge in [-0.15, -0.1) is 0 Å². The van der Waals surface area contributed by atoms with E-state index in [-0.39, 0.29) is 48.1 Å². The summed E-state index contributed by atoms with van der Waals surface area (Å²) in [4.78, 5) is 11.8. The summed E-state index contributed by atoms with van der Waals surface area (Å²) >= 11 is 0. The average molecular weight is 515 g/mol. The van der Waals surface area contributed by atoms with Gasteiger partial charge in [-0.3, -0.25) is 0 Å². The molecule has 0 spiro atoms. The van der Waals surface area contributed by atoms with Crippen molar-refractivity contribution in [3.8, 4) is 0 Å². The average Bonchev–Trinajstić information content (AvgIpc) is 2.96. The van der Waals surface area contributed by atoms with E-state index in [1.807, 2.05) is 13.8 Å². The molecule has 0 bridgehead atoms. The zero-order valence-electron chi connectivity index (χ0n) is 23.2. The molecule has 0 radical (unpaired) electrons. The second-order valence-electron chi connectivity index (χ2n) is 12.5. The summed E-state index contributed by atoms with van der Waals surface area (Å²) < 4.78 is 36.5. The van der Waals surface area contributed by atoms with Crippen LogP contribution in [0, 0.1) is 17.8 Å². The van der Waals surface area contributed by atoms with Crippen LogP contribution in [-0.4, -0.2) is 71.9 Å². The van der Waals surface area contributed by atoms with Crippen molar-refractivity contribution < 1.29 is 32.9 Å². The molecule has 2 aliphatic heterocycles. The fourth-order valence-electron chi connectivity index (χ4n) is 5.15. The van der Waals surface area contributed by atoms with Crippen molar-refractivity contribution >= 4 is 14.3 Å². The van der Waals surface area contributed by atoms with E-state index in [2.05, 4.69) is 33.9 Å². The number of rotatable bonds is 10. The first kappa shape index (κ1) is 29.0. The number of carbonyl (C=O) groups excluding carboxylic acids is 1. The van der Waals surface area contributed by atoms with Crippen molar-refractivity contribution in [2.45, 2.75) is 116 Å². The number of fused-ring (bicyclic) bond motifs is 1. The molecule has 0 amide bonds. The lowest BCUT2D eigenvalue weighted by atomic mass is 9.88. The summed E-state index contributed by atoms with van der Waals surface area (Å²) in [7, 11) is -1.87. The van der Waals surface area contributed by atoms with Gasteiger partial charge in [0.15, 0.2) is 14.6 Å². The van der Waals surface area contributed by atoms with Crippen molar-refractivity contribution in [2.75, 3.05) is 33.0 Å². The highest BCUT2D eigenvalue weighted by Crippen LogP contribution is 2.44. The number of esters is 1. The summed E-state index contributed by atoms with van der Waals surface area (Å²) in [5.41, 5.74) is 0. The monoisotopic (exact) mass is 514 g/mol. The van der Waals surface area contributed by atoms with E-state index in [4.69, 9.17) is 28.1 Å². The molecule has 0 aromatic carbocycles. The van der Waals surface area contributed by atoms with Gasteiger partial charge >= 0.3 is 5.97 Å². The molecule has 0 N–H and O–H groups in total. The SMILES string of the molecule is CC(C)OC(=O)COC[C@H]1CC[C@@H]2[C@@H](CO[Si](C)(C)C(C)(C)C)[C@H](OC3CCCCO3)C[C@@H]2OC1. The van der Waals surface area contributed by atoms with Crippen LogP contribution < -0.4 is 0 Å². The van der Waals surface area contributed by atoms with Crippen molar-refractivity contribution in [1.82, 2.24) is 0 Å². The summed E-state index contributed by atoms with van der Waals surface area (Å²) in [6.45, 7) is 17.9. The third-order valence-corrected chi connectivity index (χ3v) is 12.8. The van der Waals surface area contributed by atoms with E-state index in [9.17, 15) is 4.79 Å². The van der Waals surface area contributed by atoms with Gasteiger partial charge in [0, 0.05) is 31.5 Å². The summed E-state index contributed by atoms with van der Waals surface area (Å²) in [6, 6.07) is 0. The third kappa shape index (κ3) is 8.50. The Labute approximate surface area is 214 Å². The molecular formula is C27H50O7Si. The third-order valence-electron chi connectivity index (χ3n) is 8.27.